The van der Waals surface area contributed by atoms with Crippen molar-refractivity contribution in [2.75, 3.05) is 24.6 Å². The second-order valence-corrected chi connectivity index (χ2v) is 9.92. The van der Waals surface area contributed by atoms with E-state index in [9.17, 15) is 18.4 Å². The maximum absolute atomic E-state index is 14.8. The second-order valence-electron chi connectivity index (χ2n) is 9.92. The van der Waals surface area contributed by atoms with Gasteiger partial charge in [0.2, 0.25) is 0 Å². The first-order chi connectivity index (χ1) is 17.6. The second kappa shape index (κ2) is 11.2. The number of hydrogen-bond donors (Lipinski definition) is 0. The molecule has 7 nitrogen and oxygen atoms in total. The molecule has 0 spiro atoms. The van der Waals surface area contributed by atoms with Gasteiger partial charge in [-0.15, -0.1) is 0 Å². The lowest BCUT2D eigenvalue weighted by molar-refractivity contribution is -0.487. The van der Waals surface area contributed by atoms with Crippen molar-refractivity contribution in [3.05, 3.63) is 64.4 Å². The van der Waals surface area contributed by atoms with Gasteiger partial charge in [-0.1, -0.05) is 25.1 Å². The number of hydrogen-bond acceptors (Lipinski definition) is 6. The zero-order valence-electron chi connectivity index (χ0n) is 21.4. The lowest BCUT2D eigenvalue weighted by atomic mass is 9.98. The largest absolute Gasteiger partial charge is 0.624 e. The third-order valence-electron chi connectivity index (χ3n) is 6.38. The molecule has 0 amide bonds. The zero-order valence-corrected chi connectivity index (χ0v) is 21.4. The number of halogens is 3. The Hall–Kier alpha value is -3.56. The summed E-state index contributed by atoms with van der Waals surface area (Å²) >= 11 is 0. The van der Waals surface area contributed by atoms with Gasteiger partial charge >= 0.3 is 6.01 Å². The van der Waals surface area contributed by atoms with Crippen LogP contribution in [0.2, 0.25) is 0 Å². The summed E-state index contributed by atoms with van der Waals surface area (Å²) in [5.41, 5.74) is 0.428. The number of hydroxylamine groups is 1. The standard InChI is InChI=1S/C27H31F3N4O3/c1-16(2)26-31-27(37-32-26)33-9-7-18(8-10-33)15-36-25-23(29)12-20(13-24(25)30)21-6-5-19(11-22(21)28)14-34(35)17(3)4/h5-6,11-14,16-18H,7-10,15H2,1-4H3/b34-14-. The van der Waals surface area contributed by atoms with E-state index in [0.717, 1.165) is 31.0 Å². The van der Waals surface area contributed by atoms with Crippen molar-refractivity contribution in [2.45, 2.75) is 52.5 Å². The van der Waals surface area contributed by atoms with Gasteiger partial charge in [-0.2, -0.15) is 4.98 Å². The molecule has 0 unspecified atom stereocenters. The topological polar surface area (TPSA) is 77.5 Å². The summed E-state index contributed by atoms with van der Waals surface area (Å²) < 4.78 is 55.9. The highest BCUT2D eigenvalue weighted by Crippen LogP contribution is 2.32. The minimum absolute atomic E-state index is 0.0255. The van der Waals surface area contributed by atoms with Gasteiger partial charge in [0.15, 0.2) is 35.5 Å². The highest BCUT2D eigenvalue weighted by atomic mass is 19.1. The van der Waals surface area contributed by atoms with Crippen molar-refractivity contribution in [1.29, 1.82) is 0 Å². The van der Waals surface area contributed by atoms with E-state index >= 15 is 0 Å². The quantitative estimate of drug-likeness (QED) is 0.160. The van der Waals surface area contributed by atoms with Crippen molar-refractivity contribution < 1.29 is 27.2 Å². The van der Waals surface area contributed by atoms with Gasteiger partial charge in [-0.05, 0) is 62.4 Å². The molecule has 0 saturated carbocycles. The molecule has 10 heteroatoms. The smallest absolute Gasteiger partial charge is 0.324 e. The van der Waals surface area contributed by atoms with Crippen LogP contribution in [0, 0.1) is 28.6 Å². The van der Waals surface area contributed by atoms with Crippen LogP contribution >= 0.6 is 0 Å². The first-order valence-corrected chi connectivity index (χ1v) is 12.4. The zero-order chi connectivity index (χ0) is 26.7. The van der Waals surface area contributed by atoms with E-state index in [1.807, 2.05) is 18.7 Å². The molecule has 0 bridgehead atoms. The summed E-state index contributed by atoms with van der Waals surface area (Å²) in [7, 11) is 0. The van der Waals surface area contributed by atoms with Crippen LogP contribution in [-0.2, 0) is 0 Å². The fraction of sp³-hybridized carbons (Fsp3) is 0.444. The third-order valence-corrected chi connectivity index (χ3v) is 6.38. The minimum Gasteiger partial charge on any atom is -0.624 e. The predicted octanol–water partition coefficient (Wildman–Crippen LogP) is 5.91. The Kier molecular flexibility index (Phi) is 8.04. The molecule has 0 radical (unpaired) electrons. The molecule has 0 aliphatic carbocycles. The van der Waals surface area contributed by atoms with Gasteiger partial charge < -0.3 is 19.4 Å². The highest BCUT2D eigenvalue weighted by molar-refractivity contribution is 5.78. The summed E-state index contributed by atoms with van der Waals surface area (Å²) in [5.74, 6) is -2.03. The fourth-order valence-corrected chi connectivity index (χ4v) is 4.08. The van der Waals surface area contributed by atoms with Crippen LogP contribution in [0.5, 0.6) is 5.75 Å². The summed E-state index contributed by atoms with van der Waals surface area (Å²) in [6, 6.07) is 6.38. The maximum Gasteiger partial charge on any atom is 0.324 e. The van der Waals surface area contributed by atoms with Gasteiger partial charge in [0.25, 0.3) is 0 Å². The van der Waals surface area contributed by atoms with Gasteiger partial charge in [0, 0.05) is 30.1 Å². The van der Waals surface area contributed by atoms with Crippen LogP contribution in [0.15, 0.2) is 34.9 Å². The Balaban J connectivity index is 1.38. The average molecular weight is 517 g/mol. The fourth-order valence-electron chi connectivity index (χ4n) is 4.08. The molecular formula is C27H31F3N4O3. The molecule has 0 N–H and O–H groups in total. The summed E-state index contributed by atoms with van der Waals surface area (Å²) in [5, 5.41) is 15.8. The first kappa shape index (κ1) is 26.5. The number of nitrogens with zero attached hydrogens (tertiary/aromatic N) is 4. The normalized spacial score (nSPS) is 15.2. The number of anilines is 1. The van der Waals surface area contributed by atoms with Crippen molar-refractivity contribution >= 4 is 12.2 Å². The summed E-state index contributed by atoms with van der Waals surface area (Å²) in [4.78, 5) is 6.41. The molecule has 0 atom stereocenters. The Labute approximate surface area is 214 Å². The van der Waals surface area contributed by atoms with E-state index in [1.54, 1.807) is 13.8 Å². The molecule has 3 aromatic rings. The van der Waals surface area contributed by atoms with Crippen molar-refractivity contribution in [2.24, 2.45) is 5.92 Å². The summed E-state index contributed by atoms with van der Waals surface area (Å²) in [6.45, 7) is 8.91. The molecule has 2 heterocycles. The Morgan fingerprint density at radius 3 is 2.32 bits per heavy atom. The SMILES string of the molecule is CC(C)c1noc(N2CCC(COc3c(F)cc(-c4ccc(/C=[N+](\[O-])C(C)C)cc4F)cc3F)CC2)n1. The molecule has 198 valence electrons. The van der Waals surface area contributed by atoms with Crippen LogP contribution in [0.3, 0.4) is 0 Å². The Morgan fingerprint density at radius 1 is 1.08 bits per heavy atom. The molecule has 1 aliphatic heterocycles. The molecule has 4 rings (SSSR count). The number of benzene rings is 2. The van der Waals surface area contributed by atoms with E-state index in [1.165, 1.54) is 18.3 Å². The highest BCUT2D eigenvalue weighted by Gasteiger charge is 2.25. The van der Waals surface area contributed by atoms with E-state index in [4.69, 9.17) is 9.26 Å². The number of piperidine rings is 1. The molecule has 2 aromatic carbocycles. The van der Waals surface area contributed by atoms with Gasteiger partial charge in [-0.25, -0.2) is 17.9 Å². The Morgan fingerprint density at radius 2 is 1.76 bits per heavy atom. The van der Waals surface area contributed by atoms with E-state index in [-0.39, 0.29) is 35.6 Å². The molecule has 1 aliphatic rings. The minimum atomic E-state index is -0.903. The van der Waals surface area contributed by atoms with E-state index < -0.39 is 23.2 Å². The van der Waals surface area contributed by atoms with Crippen LogP contribution in [0.1, 0.15) is 57.8 Å². The lowest BCUT2D eigenvalue weighted by Crippen LogP contribution is -2.35. The molecule has 1 fully saturated rings. The number of rotatable bonds is 8. The van der Waals surface area contributed by atoms with E-state index in [2.05, 4.69) is 10.1 Å². The van der Waals surface area contributed by atoms with Gasteiger partial charge in [0.1, 0.15) is 5.82 Å². The molecule has 1 aromatic heterocycles. The van der Waals surface area contributed by atoms with Crippen LogP contribution < -0.4 is 9.64 Å². The molecule has 1 saturated heterocycles. The monoisotopic (exact) mass is 516 g/mol. The predicted molar refractivity (Wildman–Crippen MR) is 135 cm³/mol. The molecule has 37 heavy (non-hydrogen) atoms. The average Bonchev–Trinajstić information content (AvgIpc) is 3.35. The van der Waals surface area contributed by atoms with Gasteiger partial charge in [0.05, 0.1) is 6.61 Å². The van der Waals surface area contributed by atoms with Crippen LogP contribution in [0.4, 0.5) is 19.2 Å². The number of aromatic nitrogens is 2. The molecular weight excluding hydrogens is 485 g/mol. The lowest BCUT2D eigenvalue weighted by Gasteiger charge is -2.30. The maximum atomic E-state index is 14.8. The summed E-state index contributed by atoms with van der Waals surface area (Å²) in [6.07, 6.45) is 2.75. The Bertz CT molecular complexity index is 1240. The van der Waals surface area contributed by atoms with Gasteiger partial charge in [-0.3, -0.25) is 0 Å². The van der Waals surface area contributed by atoms with Crippen molar-refractivity contribution in [1.82, 2.24) is 10.1 Å². The van der Waals surface area contributed by atoms with Crippen molar-refractivity contribution in [3.8, 4) is 16.9 Å². The third kappa shape index (κ3) is 6.23. The van der Waals surface area contributed by atoms with Crippen molar-refractivity contribution in [3.63, 3.8) is 0 Å². The number of ether oxygens (including phenoxy) is 1. The first-order valence-electron chi connectivity index (χ1n) is 12.4. The van der Waals surface area contributed by atoms with Crippen LogP contribution in [0.25, 0.3) is 11.1 Å². The van der Waals surface area contributed by atoms with E-state index in [0.29, 0.717) is 35.2 Å². The van der Waals surface area contributed by atoms with Crippen LogP contribution in [-0.4, -0.2) is 46.8 Å².